The molecule has 0 aliphatic carbocycles. The largest absolute Gasteiger partial charge is 0.409 e. The number of H-pyrrole nitrogens is 1. The minimum Gasteiger partial charge on any atom is -0.409 e. The molecule has 2 heterocycles. The molecule has 1 N–H and O–H groups in total. The fraction of sp³-hybridized carbons (Fsp3) is 0.154. The van der Waals surface area contributed by atoms with Crippen molar-refractivity contribution in [2.24, 2.45) is 0 Å². The molecule has 0 unspecified atom stereocenters. The van der Waals surface area contributed by atoms with Crippen molar-refractivity contribution >= 4 is 34.7 Å². The molecule has 1 aromatic carbocycles. The smallest absolute Gasteiger partial charge is 0.284 e. The van der Waals surface area contributed by atoms with Crippen molar-refractivity contribution in [3.63, 3.8) is 0 Å². The van der Waals surface area contributed by atoms with E-state index < -0.39 is 0 Å². The summed E-state index contributed by atoms with van der Waals surface area (Å²) in [5, 5.41) is 8.26. The van der Waals surface area contributed by atoms with Gasteiger partial charge < -0.3 is 4.42 Å². The molecule has 6 heteroatoms. The third-order valence-corrected chi connectivity index (χ3v) is 3.26. The van der Waals surface area contributed by atoms with Crippen LogP contribution in [0.2, 0.25) is 5.02 Å². The number of benzene rings is 1. The van der Waals surface area contributed by atoms with Gasteiger partial charge in [0.15, 0.2) is 0 Å². The second-order valence-corrected chi connectivity index (χ2v) is 5.16. The Hall–Kier alpha value is -1.72. The quantitative estimate of drug-likeness (QED) is 0.682. The van der Waals surface area contributed by atoms with Crippen LogP contribution in [0.15, 0.2) is 22.6 Å². The number of aromatic nitrogens is 3. The number of halogens is 1. The van der Waals surface area contributed by atoms with E-state index in [2.05, 4.69) is 15.2 Å². The van der Waals surface area contributed by atoms with Gasteiger partial charge in [-0.3, -0.25) is 4.98 Å². The Morgan fingerprint density at radius 2 is 2.05 bits per heavy atom. The van der Waals surface area contributed by atoms with Gasteiger partial charge in [0.25, 0.3) is 4.84 Å². The number of hydrogen-bond acceptors (Lipinski definition) is 4. The van der Waals surface area contributed by atoms with E-state index in [4.69, 9.17) is 28.2 Å². The molecule has 0 saturated heterocycles. The summed E-state index contributed by atoms with van der Waals surface area (Å²) in [5.74, 6) is 0.446. The maximum atomic E-state index is 6.12. The first-order valence-electron chi connectivity index (χ1n) is 5.68. The maximum Gasteiger partial charge on any atom is 0.284 e. The number of aryl methyl sites for hydroxylation is 2. The third kappa shape index (κ3) is 2.15. The van der Waals surface area contributed by atoms with E-state index >= 15 is 0 Å². The van der Waals surface area contributed by atoms with E-state index in [0.29, 0.717) is 10.9 Å². The number of fused-ring (bicyclic) bond motifs is 1. The van der Waals surface area contributed by atoms with Crippen LogP contribution in [0.25, 0.3) is 22.4 Å². The highest BCUT2D eigenvalue weighted by atomic mass is 35.5. The van der Waals surface area contributed by atoms with Crippen LogP contribution in [0.4, 0.5) is 0 Å². The van der Waals surface area contributed by atoms with Gasteiger partial charge in [0.2, 0.25) is 5.89 Å². The molecule has 0 spiro atoms. The molecule has 0 bridgehead atoms. The molecule has 0 amide bonds. The first kappa shape index (κ1) is 12.3. The predicted molar refractivity (Wildman–Crippen MR) is 76.9 cm³/mol. The fourth-order valence-corrected chi connectivity index (χ4v) is 2.50. The Morgan fingerprint density at radius 1 is 1.26 bits per heavy atom. The molecule has 4 nitrogen and oxygen atoms in total. The Labute approximate surface area is 119 Å². The Morgan fingerprint density at radius 3 is 2.74 bits per heavy atom. The summed E-state index contributed by atoms with van der Waals surface area (Å²) in [7, 11) is 0. The zero-order valence-corrected chi connectivity index (χ0v) is 11.9. The topological polar surface area (TPSA) is 54.7 Å². The average molecular weight is 292 g/mol. The molecule has 19 heavy (non-hydrogen) atoms. The van der Waals surface area contributed by atoms with Crippen molar-refractivity contribution < 1.29 is 4.42 Å². The molecule has 0 aliphatic rings. The van der Waals surface area contributed by atoms with E-state index in [1.807, 2.05) is 32.0 Å². The van der Waals surface area contributed by atoms with Crippen molar-refractivity contribution in [2.75, 3.05) is 0 Å². The van der Waals surface area contributed by atoms with Gasteiger partial charge in [-0.1, -0.05) is 11.6 Å². The number of aromatic amines is 1. The highest BCUT2D eigenvalue weighted by molar-refractivity contribution is 7.71. The second-order valence-electron chi connectivity index (χ2n) is 4.35. The summed E-state index contributed by atoms with van der Waals surface area (Å²) in [6.45, 7) is 3.91. The van der Waals surface area contributed by atoms with Gasteiger partial charge in [0.05, 0.1) is 11.1 Å². The van der Waals surface area contributed by atoms with Crippen LogP contribution in [0, 0.1) is 18.7 Å². The normalized spacial score (nSPS) is 11.1. The summed E-state index contributed by atoms with van der Waals surface area (Å²) in [6.07, 6.45) is 0. The zero-order chi connectivity index (χ0) is 13.6. The van der Waals surface area contributed by atoms with E-state index in [1.165, 1.54) is 0 Å². The maximum absolute atomic E-state index is 6.12. The van der Waals surface area contributed by atoms with Crippen LogP contribution in [0.5, 0.6) is 0 Å². The van der Waals surface area contributed by atoms with Gasteiger partial charge in [-0.15, -0.1) is 5.10 Å². The number of pyridine rings is 1. The molecule has 3 aromatic rings. The molecule has 0 aliphatic heterocycles. The number of nitrogens with one attached hydrogen (secondary N) is 1. The first-order valence-corrected chi connectivity index (χ1v) is 6.46. The van der Waals surface area contributed by atoms with Crippen molar-refractivity contribution in [3.8, 4) is 11.5 Å². The highest BCUT2D eigenvalue weighted by Crippen LogP contribution is 2.31. The van der Waals surface area contributed by atoms with Crippen LogP contribution < -0.4 is 0 Å². The summed E-state index contributed by atoms with van der Waals surface area (Å²) in [5.41, 5.74) is 3.63. The summed E-state index contributed by atoms with van der Waals surface area (Å²) in [6, 6.07) is 5.66. The molecule has 3 rings (SSSR count). The lowest BCUT2D eigenvalue weighted by Crippen LogP contribution is -1.91. The zero-order valence-electron chi connectivity index (χ0n) is 10.3. The molecule has 0 fully saturated rings. The van der Waals surface area contributed by atoms with Crippen molar-refractivity contribution in [1.29, 1.82) is 0 Å². The van der Waals surface area contributed by atoms with Crippen LogP contribution >= 0.6 is 23.8 Å². The average Bonchev–Trinajstić information content (AvgIpc) is 2.76. The minimum atomic E-state index is 0.247. The Bertz CT molecular complexity index is 838. The summed E-state index contributed by atoms with van der Waals surface area (Å²) < 4.78 is 5.39. The van der Waals surface area contributed by atoms with E-state index in [1.54, 1.807) is 0 Å². The van der Waals surface area contributed by atoms with Gasteiger partial charge in [-0.05, 0) is 49.8 Å². The first-order chi connectivity index (χ1) is 9.04. The van der Waals surface area contributed by atoms with E-state index in [9.17, 15) is 0 Å². The lowest BCUT2D eigenvalue weighted by molar-refractivity contribution is 0.552. The van der Waals surface area contributed by atoms with Crippen molar-refractivity contribution in [3.05, 3.63) is 39.3 Å². The second kappa shape index (κ2) is 4.43. The lowest BCUT2D eigenvalue weighted by atomic mass is 10.0. The minimum absolute atomic E-state index is 0.247. The SMILES string of the molecule is Cc1cc(-c2n[nH]c(=S)o2)c2cc(Cl)cc(C)c2n1. The van der Waals surface area contributed by atoms with Crippen LogP contribution in [-0.4, -0.2) is 15.2 Å². The Kier molecular flexibility index (Phi) is 2.88. The number of rotatable bonds is 1. The molecular weight excluding hydrogens is 282 g/mol. The van der Waals surface area contributed by atoms with Crippen LogP contribution in [0.1, 0.15) is 11.3 Å². The van der Waals surface area contributed by atoms with Crippen LogP contribution in [0.3, 0.4) is 0 Å². The monoisotopic (exact) mass is 291 g/mol. The Balaban J connectivity index is 2.44. The van der Waals surface area contributed by atoms with E-state index in [0.717, 1.165) is 27.7 Å². The van der Waals surface area contributed by atoms with Crippen molar-refractivity contribution in [1.82, 2.24) is 15.2 Å². The highest BCUT2D eigenvalue weighted by Gasteiger charge is 2.13. The molecule has 96 valence electrons. The predicted octanol–water partition coefficient (Wildman–Crippen LogP) is 4.22. The van der Waals surface area contributed by atoms with Gasteiger partial charge >= 0.3 is 0 Å². The van der Waals surface area contributed by atoms with Gasteiger partial charge in [0.1, 0.15) is 0 Å². The number of hydrogen-bond donors (Lipinski definition) is 1. The molecule has 0 radical (unpaired) electrons. The van der Waals surface area contributed by atoms with Gasteiger partial charge in [-0.2, -0.15) is 0 Å². The van der Waals surface area contributed by atoms with Crippen LogP contribution in [-0.2, 0) is 0 Å². The van der Waals surface area contributed by atoms with Crippen molar-refractivity contribution in [2.45, 2.75) is 13.8 Å². The summed E-state index contributed by atoms with van der Waals surface area (Å²) >= 11 is 11.0. The van der Waals surface area contributed by atoms with Gasteiger partial charge in [0, 0.05) is 16.1 Å². The standard InChI is InChI=1S/C13H10ClN3OS/c1-6-3-8(14)5-9-10(4-7(2)15-11(6)9)12-16-17-13(19)18-12/h3-5H,1-2H3,(H,17,19). The molecule has 2 aromatic heterocycles. The fourth-order valence-electron chi connectivity index (χ4n) is 2.11. The molecular formula is C13H10ClN3OS. The number of nitrogens with zero attached hydrogens (tertiary/aromatic N) is 2. The third-order valence-electron chi connectivity index (χ3n) is 2.87. The molecule has 0 saturated carbocycles. The summed E-state index contributed by atoms with van der Waals surface area (Å²) in [4.78, 5) is 4.79. The van der Waals surface area contributed by atoms with E-state index in [-0.39, 0.29) is 4.84 Å². The van der Waals surface area contributed by atoms with Gasteiger partial charge in [-0.25, -0.2) is 5.10 Å². The molecule has 0 atom stereocenters. The lowest BCUT2D eigenvalue weighted by Gasteiger charge is -2.07.